The first kappa shape index (κ1) is 18.3. The smallest absolute Gasteiger partial charge is 0.244 e. The third-order valence-electron chi connectivity index (χ3n) is 4.14. The van der Waals surface area contributed by atoms with Gasteiger partial charge in [0.25, 0.3) is 0 Å². The Kier molecular flexibility index (Phi) is 5.56. The van der Waals surface area contributed by atoms with Crippen molar-refractivity contribution in [1.29, 1.82) is 0 Å². The van der Waals surface area contributed by atoms with Crippen molar-refractivity contribution in [1.82, 2.24) is 5.43 Å². The van der Waals surface area contributed by atoms with Crippen LogP contribution in [0.25, 0.3) is 10.8 Å². The lowest BCUT2D eigenvalue weighted by Gasteiger charge is -2.09. The number of nitrogens with one attached hydrogen (secondary N) is 1. The van der Waals surface area contributed by atoms with E-state index in [0.717, 1.165) is 16.3 Å². The second kappa shape index (κ2) is 8.23. The van der Waals surface area contributed by atoms with Gasteiger partial charge in [-0.05, 0) is 29.1 Å². The SMILES string of the molecule is COc1ccc(CC(=O)NN=Cc2ccc3ccccc3c2O)cc1OC. The van der Waals surface area contributed by atoms with E-state index >= 15 is 0 Å². The molecule has 27 heavy (non-hydrogen) atoms. The maximum atomic E-state index is 12.1. The summed E-state index contributed by atoms with van der Waals surface area (Å²) in [5.74, 6) is 1.02. The summed E-state index contributed by atoms with van der Waals surface area (Å²) in [6, 6.07) is 16.4. The van der Waals surface area contributed by atoms with Crippen molar-refractivity contribution in [3.63, 3.8) is 0 Å². The zero-order chi connectivity index (χ0) is 19.2. The number of rotatable bonds is 6. The molecule has 2 N–H and O–H groups in total. The zero-order valence-corrected chi connectivity index (χ0v) is 15.1. The molecule has 3 aromatic carbocycles. The van der Waals surface area contributed by atoms with Gasteiger partial charge in [0, 0.05) is 10.9 Å². The van der Waals surface area contributed by atoms with Crippen molar-refractivity contribution >= 4 is 22.9 Å². The van der Waals surface area contributed by atoms with Crippen LogP contribution in [-0.2, 0) is 11.2 Å². The number of fused-ring (bicyclic) bond motifs is 1. The van der Waals surface area contributed by atoms with Gasteiger partial charge in [-0.2, -0.15) is 5.10 Å². The third kappa shape index (κ3) is 4.17. The number of methoxy groups -OCH3 is 2. The molecule has 0 saturated heterocycles. The Bertz CT molecular complexity index is 999. The quantitative estimate of drug-likeness (QED) is 0.520. The van der Waals surface area contributed by atoms with E-state index in [1.807, 2.05) is 30.3 Å². The highest BCUT2D eigenvalue weighted by molar-refractivity contribution is 5.97. The number of carbonyl (C=O) groups excluding carboxylic acids is 1. The lowest BCUT2D eigenvalue weighted by molar-refractivity contribution is -0.120. The molecule has 0 radical (unpaired) electrons. The number of carbonyl (C=O) groups is 1. The number of hydrogen-bond donors (Lipinski definition) is 2. The summed E-state index contributed by atoms with van der Waals surface area (Å²) in [7, 11) is 3.10. The largest absolute Gasteiger partial charge is 0.507 e. The number of hydrazone groups is 1. The van der Waals surface area contributed by atoms with Gasteiger partial charge in [-0.1, -0.05) is 36.4 Å². The first-order chi connectivity index (χ1) is 13.1. The van der Waals surface area contributed by atoms with Crippen LogP contribution in [0.15, 0.2) is 59.7 Å². The summed E-state index contributed by atoms with van der Waals surface area (Å²) in [5, 5.41) is 15.9. The fourth-order valence-electron chi connectivity index (χ4n) is 2.77. The van der Waals surface area contributed by atoms with Gasteiger partial charge in [0.15, 0.2) is 11.5 Å². The lowest BCUT2D eigenvalue weighted by atomic mass is 10.1. The lowest BCUT2D eigenvalue weighted by Crippen LogP contribution is -2.19. The van der Waals surface area contributed by atoms with Gasteiger partial charge in [0.1, 0.15) is 5.75 Å². The number of aromatic hydroxyl groups is 1. The molecule has 0 fully saturated rings. The number of phenolic OH excluding ortho intramolecular Hbond substituents is 1. The molecule has 6 nitrogen and oxygen atoms in total. The highest BCUT2D eigenvalue weighted by Gasteiger charge is 2.08. The van der Waals surface area contributed by atoms with E-state index in [2.05, 4.69) is 10.5 Å². The fraction of sp³-hybridized carbons (Fsp3) is 0.143. The van der Waals surface area contributed by atoms with Crippen molar-refractivity contribution in [3.8, 4) is 17.2 Å². The highest BCUT2D eigenvalue weighted by atomic mass is 16.5. The van der Waals surface area contributed by atoms with Crippen LogP contribution in [-0.4, -0.2) is 31.4 Å². The van der Waals surface area contributed by atoms with Crippen LogP contribution < -0.4 is 14.9 Å². The van der Waals surface area contributed by atoms with Crippen LogP contribution in [0.4, 0.5) is 0 Å². The standard InChI is InChI=1S/C21H20N2O4/c1-26-18-10-7-14(11-19(18)27-2)12-20(24)23-22-13-16-9-8-15-5-3-4-6-17(15)21(16)25/h3-11,13,25H,12H2,1-2H3,(H,23,24). The van der Waals surface area contributed by atoms with Gasteiger partial charge in [-0.25, -0.2) is 5.43 Å². The van der Waals surface area contributed by atoms with Crippen LogP contribution in [0.2, 0.25) is 0 Å². The minimum Gasteiger partial charge on any atom is -0.507 e. The van der Waals surface area contributed by atoms with Crippen molar-refractivity contribution in [2.75, 3.05) is 14.2 Å². The summed E-state index contributed by atoms with van der Waals surface area (Å²) in [4.78, 5) is 12.1. The molecule has 6 heteroatoms. The summed E-state index contributed by atoms with van der Waals surface area (Å²) >= 11 is 0. The first-order valence-electron chi connectivity index (χ1n) is 8.36. The first-order valence-corrected chi connectivity index (χ1v) is 8.36. The topological polar surface area (TPSA) is 80.2 Å². The highest BCUT2D eigenvalue weighted by Crippen LogP contribution is 2.28. The van der Waals surface area contributed by atoms with E-state index in [1.54, 1.807) is 38.5 Å². The zero-order valence-electron chi connectivity index (χ0n) is 15.1. The summed E-state index contributed by atoms with van der Waals surface area (Å²) in [6.45, 7) is 0. The minimum absolute atomic E-state index is 0.131. The van der Waals surface area contributed by atoms with Crippen LogP contribution in [0.3, 0.4) is 0 Å². The van der Waals surface area contributed by atoms with Crippen LogP contribution in [0.1, 0.15) is 11.1 Å². The molecule has 1 amide bonds. The molecule has 0 aliphatic heterocycles. The average Bonchev–Trinajstić information content (AvgIpc) is 2.69. The van der Waals surface area contributed by atoms with E-state index in [9.17, 15) is 9.90 Å². The summed E-state index contributed by atoms with van der Waals surface area (Å²) < 4.78 is 10.4. The third-order valence-corrected chi connectivity index (χ3v) is 4.14. The minimum atomic E-state index is -0.279. The maximum absolute atomic E-state index is 12.1. The van der Waals surface area contributed by atoms with E-state index in [4.69, 9.17) is 9.47 Å². The molecule has 0 unspecified atom stereocenters. The Hall–Kier alpha value is -3.54. The van der Waals surface area contributed by atoms with Crippen LogP contribution >= 0.6 is 0 Å². The molecule has 0 bridgehead atoms. The molecule has 0 heterocycles. The number of nitrogens with zero attached hydrogens (tertiary/aromatic N) is 1. The number of benzene rings is 3. The van der Waals surface area contributed by atoms with Crippen LogP contribution in [0.5, 0.6) is 17.2 Å². The van der Waals surface area contributed by atoms with Gasteiger partial charge < -0.3 is 14.6 Å². The number of amides is 1. The molecular formula is C21H20N2O4. The number of hydrogen-bond acceptors (Lipinski definition) is 5. The molecule has 0 saturated carbocycles. The predicted molar refractivity (Wildman–Crippen MR) is 105 cm³/mol. The summed E-state index contributed by atoms with van der Waals surface area (Å²) in [6.07, 6.45) is 1.57. The Balaban J connectivity index is 1.66. The van der Waals surface area contributed by atoms with E-state index < -0.39 is 0 Å². The Morgan fingerprint density at radius 1 is 1.07 bits per heavy atom. The van der Waals surface area contributed by atoms with Gasteiger partial charge in [-0.15, -0.1) is 0 Å². The monoisotopic (exact) mass is 364 g/mol. The Morgan fingerprint density at radius 3 is 2.63 bits per heavy atom. The van der Waals surface area contributed by atoms with Gasteiger partial charge >= 0.3 is 0 Å². The summed E-state index contributed by atoms with van der Waals surface area (Å²) in [5.41, 5.74) is 3.77. The van der Waals surface area contributed by atoms with Gasteiger partial charge in [0.2, 0.25) is 5.91 Å². The van der Waals surface area contributed by atoms with Crippen molar-refractivity contribution in [2.45, 2.75) is 6.42 Å². The average molecular weight is 364 g/mol. The second-order valence-electron chi connectivity index (χ2n) is 5.88. The molecular weight excluding hydrogens is 344 g/mol. The Labute approximate surface area is 157 Å². The van der Waals surface area contributed by atoms with Crippen molar-refractivity contribution in [3.05, 3.63) is 65.7 Å². The van der Waals surface area contributed by atoms with Gasteiger partial charge in [-0.3, -0.25) is 4.79 Å². The maximum Gasteiger partial charge on any atom is 0.244 e. The Morgan fingerprint density at radius 2 is 1.85 bits per heavy atom. The van der Waals surface area contributed by atoms with E-state index in [1.165, 1.54) is 6.21 Å². The fourth-order valence-corrected chi connectivity index (χ4v) is 2.77. The van der Waals surface area contributed by atoms with E-state index in [-0.39, 0.29) is 18.1 Å². The van der Waals surface area contributed by atoms with E-state index in [0.29, 0.717) is 17.1 Å². The molecule has 3 rings (SSSR count). The molecule has 0 aliphatic rings. The van der Waals surface area contributed by atoms with Crippen LogP contribution in [0, 0.1) is 0 Å². The van der Waals surface area contributed by atoms with Crippen molar-refractivity contribution < 1.29 is 19.4 Å². The number of phenols is 1. The molecule has 3 aromatic rings. The predicted octanol–water partition coefficient (Wildman–Crippen LogP) is 3.26. The van der Waals surface area contributed by atoms with Crippen molar-refractivity contribution in [2.24, 2.45) is 5.10 Å². The van der Waals surface area contributed by atoms with Gasteiger partial charge in [0.05, 0.1) is 26.9 Å². The second-order valence-corrected chi connectivity index (χ2v) is 5.88. The number of ether oxygens (including phenoxy) is 2. The normalized spacial score (nSPS) is 10.9. The molecule has 0 spiro atoms. The molecule has 0 aliphatic carbocycles. The molecule has 138 valence electrons. The molecule has 0 aromatic heterocycles. The molecule has 0 atom stereocenters.